The molecule has 1 saturated heterocycles. The number of rotatable bonds is 5. The van der Waals surface area contributed by atoms with Gasteiger partial charge in [-0.25, -0.2) is 10.6 Å². The fourth-order valence-electron chi connectivity index (χ4n) is 6.58. The first-order chi connectivity index (χ1) is 19.8. The summed E-state index contributed by atoms with van der Waals surface area (Å²) in [6, 6.07) is -0.742. The van der Waals surface area contributed by atoms with E-state index in [4.69, 9.17) is 24.8 Å². The number of urea groups is 1. The maximum Gasteiger partial charge on any atom is 0.329 e. The van der Waals surface area contributed by atoms with Gasteiger partial charge in [-0.15, -0.1) is 0 Å². The minimum atomic E-state index is -1.47. The largest absolute Gasteiger partial charge is 0.458 e. The van der Waals surface area contributed by atoms with Crippen LogP contribution in [0.15, 0.2) is 11.6 Å². The van der Waals surface area contributed by atoms with E-state index in [2.05, 4.69) is 10.2 Å². The highest BCUT2D eigenvalue weighted by Crippen LogP contribution is 2.40. The van der Waals surface area contributed by atoms with Gasteiger partial charge in [0.15, 0.2) is 17.9 Å². The number of ether oxygens (including phenoxy) is 4. The molecule has 4 N–H and O–H groups in total. The predicted molar refractivity (Wildman–Crippen MR) is 162 cm³/mol. The highest BCUT2D eigenvalue weighted by Gasteiger charge is 2.48. The normalized spacial score (nSPS) is 39.3. The van der Waals surface area contributed by atoms with Crippen LogP contribution in [0, 0.1) is 23.2 Å². The molecular formula is C31H54N4O8. The number of hydrogen-bond acceptors (Lipinski definition) is 10. The Morgan fingerprint density at radius 1 is 1.09 bits per heavy atom. The summed E-state index contributed by atoms with van der Waals surface area (Å²) in [5, 5.41) is 2.66. The number of methoxy groups -OCH3 is 1. The molecule has 0 aromatic rings. The summed E-state index contributed by atoms with van der Waals surface area (Å²) in [5.74, 6) is 1.61. The molecule has 0 radical (unpaired) electrons. The summed E-state index contributed by atoms with van der Waals surface area (Å²) >= 11 is 0. The quantitative estimate of drug-likeness (QED) is 0.106. The minimum absolute atomic E-state index is 0.00207. The Kier molecular flexibility index (Phi) is 12.5. The van der Waals surface area contributed by atoms with E-state index in [-0.39, 0.29) is 23.7 Å². The topological polar surface area (TPSA) is 159 Å². The van der Waals surface area contributed by atoms with Crippen molar-refractivity contribution in [2.75, 3.05) is 21.2 Å². The number of hydrazine groups is 1. The van der Waals surface area contributed by atoms with Crippen molar-refractivity contribution in [3.05, 3.63) is 11.6 Å². The van der Waals surface area contributed by atoms with Crippen LogP contribution in [0.1, 0.15) is 75.2 Å². The second-order valence-corrected chi connectivity index (χ2v) is 13.5. The molecular weight excluding hydrogens is 556 g/mol. The molecule has 0 aliphatic carbocycles. The lowest BCUT2D eigenvalue weighted by atomic mass is 9.70. The Morgan fingerprint density at radius 3 is 2.23 bits per heavy atom. The first-order valence-corrected chi connectivity index (χ1v) is 15.1. The number of nitrogens with one attached hydrogen (secondary N) is 2. The standard InChI is InChI=1S/C31H54N4O8/c1-16-15-31(9,33-29(39)34-32)25(37)17(2)14-30(7,8)26(19(4)23(36)20(5)27(38)42-21(16)6)43-28-24(40-12)22(35(10)11)13-18(3)41-28/h15,17-22,24,26,28H,13-14,32H2,1-12H3,(H2,33,34,39)/b16-15+/t17?,18-,19+,20-,21-,22?,24?,26?,28?,31?/m1/s1. The van der Waals surface area contributed by atoms with Crippen LogP contribution in [0.4, 0.5) is 4.79 Å². The summed E-state index contributed by atoms with van der Waals surface area (Å²) in [6.45, 7) is 15.8. The van der Waals surface area contributed by atoms with Gasteiger partial charge < -0.3 is 29.2 Å². The van der Waals surface area contributed by atoms with E-state index in [1.165, 1.54) is 6.92 Å². The molecule has 12 nitrogen and oxygen atoms in total. The molecule has 0 aromatic heterocycles. The van der Waals surface area contributed by atoms with Gasteiger partial charge in [0, 0.05) is 25.0 Å². The van der Waals surface area contributed by atoms with Crippen LogP contribution >= 0.6 is 0 Å². The number of amides is 2. The Balaban J connectivity index is 2.65. The van der Waals surface area contributed by atoms with Gasteiger partial charge >= 0.3 is 12.0 Å². The number of esters is 1. The summed E-state index contributed by atoms with van der Waals surface area (Å²) in [6.07, 6.45) is -0.328. The van der Waals surface area contributed by atoms with Gasteiger partial charge in [0.05, 0.1) is 12.2 Å². The Hall–Kier alpha value is -2.38. The van der Waals surface area contributed by atoms with Crippen molar-refractivity contribution in [2.45, 2.75) is 117 Å². The van der Waals surface area contributed by atoms with Crippen LogP contribution in [0.2, 0.25) is 0 Å². The molecule has 0 spiro atoms. The fraction of sp³-hybridized carbons (Fsp3) is 0.806. The Bertz CT molecular complexity index is 1060. The zero-order chi connectivity index (χ0) is 33.0. The highest BCUT2D eigenvalue weighted by molar-refractivity contribution is 6.00. The Morgan fingerprint density at radius 2 is 1.70 bits per heavy atom. The average molecular weight is 611 g/mol. The molecule has 2 aliphatic rings. The van der Waals surface area contributed by atoms with Crippen molar-refractivity contribution in [2.24, 2.45) is 29.0 Å². The number of hydrogen-bond donors (Lipinski definition) is 3. The van der Waals surface area contributed by atoms with Gasteiger partial charge in [-0.1, -0.05) is 27.7 Å². The zero-order valence-electron chi connectivity index (χ0n) is 28.0. The molecule has 12 heteroatoms. The SMILES string of the molecule is COC1C(OC2[C@@H](C)C(=O)[C@@H](C)C(=O)O[C@H](C)/C(C)=C/C(C)(NC(=O)NN)C(=O)C(C)CC2(C)C)O[C@H](C)CC1N(C)C. The Labute approximate surface area is 256 Å². The van der Waals surface area contributed by atoms with Crippen molar-refractivity contribution in [3.8, 4) is 0 Å². The maximum atomic E-state index is 14.1. The summed E-state index contributed by atoms with van der Waals surface area (Å²) in [4.78, 5) is 55.5. The van der Waals surface area contributed by atoms with Crippen LogP contribution in [0.5, 0.6) is 0 Å². The minimum Gasteiger partial charge on any atom is -0.458 e. The molecule has 1 fully saturated rings. The molecule has 0 bridgehead atoms. The number of ketones is 2. The van der Waals surface area contributed by atoms with Crippen molar-refractivity contribution in [1.82, 2.24) is 15.6 Å². The van der Waals surface area contributed by atoms with Crippen LogP contribution in [0.25, 0.3) is 0 Å². The summed E-state index contributed by atoms with van der Waals surface area (Å²) in [5.41, 5.74) is 0.294. The summed E-state index contributed by atoms with van der Waals surface area (Å²) < 4.78 is 24.5. The second-order valence-electron chi connectivity index (χ2n) is 13.5. The number of likely N-dealkylation sites (N-methyl/N-ethyl adjacent to an activating group) is 1. The van der Waals surface area contributed by atoms with E-state index < -0.39 is 65.3 Å². The number of Topliss-reactive ketones (excluding diaryl/α,β-unsaturated/α-hetero) is 2. The van der Waals surface area contributed by atoms with Crippen molar-refractivity contribution in [1.29, 1.82) is 0 Å². The lowest BCUT2D eigenvalue weighted by molar-refractivity contribution is -0.289. The predicted octanol–water partition coefficient (Wildman–Crippen LogP) is 2.74. The lowest BCUT2D eigenvalue weighted by Crippen LogP contribution is -2.58. The molecule has 2 amide bonds. The van der Waals surface area contributed by atoms with E-state index >= 15 is 0 Å². The van der Waals surface area contributed by atoms with Gasteiger partial charge in [0.2, 0.25) is 0 Å². The van der Waals surface area contributed by atoms with Crippen molar-refractivity contribution < 1.29 is 38.1 Å². The fourth-order valence-corrected chi connectivity index (χ4v) is 6.58. The molecule has 6 unspecified atom stereocenters. The third kappa shape index (κ3) is 8.63. The van der Waals surface area contributed by atoms with E-state index in [0.717, 1.165) is 6.42 Å². The van der Waals surface area contributed by atoms with Crippen LogP contribution < -0.4 is 16.6 Å². The molecule has 2 rings (SSSR count). The third-order valence-electron chi connectivity index (χ3n) is 9.00. The van der Waals surface area contributed by atoms with Crippen LogP contribution in [0.3, 0.4) is 0 Å². The van der Waals surface area contributed by atoms with E-state index in [9.17, 15) is 19.2 Å². The highest BCUT2D eigenvalue weighted by atomic mass is 16.7. The van der Waals surface area contributed by atoms with E-state index in [1.54, 1.807) is 47.8 Å². The molecule has 246 valence electrons. The average Bonchev–Trinajstić information content (AvgIpc) is 2.92. The van der Waals surface area contributed by atoms with Gasteiger partial charge in [0.1, 0.15) is 23.7 Å². The number of carbonyl (C=O) groups is 4. The van der Waals surface area contributed by atoms with Crippen molar-refractivity contribution in [3.63, 3.8) is 0 Å². The molecule has 2 aliphatic heterocycles. The zero-order valence-corrected chi connectivity index (χ0v) is 28.0. The van der Waals surface area contributed by atoms with Gasteiger partial charge in [-0.3, -0.25) is 19.8 Å². The first-order valence-electron chi connectivity index (χ1n) is 15.1. The number of nitrogens with zero attached hydrogens (tertiary/aromatic N) is 1. The monoisotopic (exact) mass is 610 g/mol. The second kappa shape index (κ2) is 14.6. The van der Waals surface area contributed by atoms with Crippen molar-refractivity contribution >= 4 is 23.6 Å². The number of carbonyl (C=O) groups excluding carboxylic acids is 4. The molecule has 10 atom stereocenters. The van der Waals surface area contributed by atoms with E-state index in [1.807, 2.05) is 40.3 Å². The third-order valence-corrected chi connectivity index (χ3v) is 9.00. The molecule has 43 heavy (non-hydrogen) atoms. The van der Waals surface area contributed by atoms with Gasteiger partial charge in [0.25, 0.3) is 0 Å². The molecule has 0 saturated carbocycles. The first kappa shape index (κ1) is 36.8. The number of cyclic esters (lactones) is 1. The molecule has 0 aromatic carbocycles. The summed E-state index contributed by atoms with van der Waals surface area (Å²) in [7, 11) is 5.54. The number of nitrogens with two attached hydrogens (primary N) is 1. The molecule has 2 heterocycles. The van der Waals surface area contributed by atoms with Gasteiger partial charge in [-0.05, 0) is 78.6 Å². The van der Waals surface area contributed by atoms with Gasteiger partial charge in [-0.2, -0.15) is 0 Å². The van der Waals surface area contributed by atoms with Crippen LogP contribution in [-0.4, -0.2) is 92.0 Å². The van der Waals surface area contributed by atoms with E-state index in [0.29, 0.717) is 12.0 Å². The van der Waals surface area contributed by atoms with Crippen LogP contribution in [-0.2, 0) is 33.3 Å². The maximum absolute atomic E-state index is 14.1. The lowest BCUT2D eigenvalue weighted by Gasteiger charge is -2.47. The smallest absolute Gasteiger partial charge is 0.329 e.